The minimum absolute atomic E-state index is 0.131. The van der Waals surface area contributed by atoms with Gasteiger partial charge in [0.25, 0.3) is 0 Å². The first-order valence-electron chi connectivity index (χ1n) is 13.4. The Kier molecular flexibility index (Phi) is 9.49. The SMILES string of the molecule is COc1ccc(CCN=C2C[C@@H](c3ccccc3)N(CCc3ccc(OC)c(OC)c3)C[C@]2(C)O)cc1OC. The highest BCUT2D eigenvalue weighted by Gasteiger charge is 2.40. The van der Waals surface area contributed by atoms with Crippen molar-refractivity contribution in [2.45, 2.75) is 37.8 Å². The third-order valence-corrected chi connectivity index (χ3v) is 7.43. The minimum atomic E-state index is -1.01. The molecule has 7 heteroatoms. The molecule has 1 aliphatic rings. The van der Waals surface area contributed by atoms with Gasteiger partial charge in [0, 0.05) is 37.8 Å². The van der Waals surface area contributed by atoms with Crippen molar-refractivity contribution in [3.8, 4) is 23.0 Å². The number of ether oxygens (including phenoxy) is 4. The molecule has 1 aliphatic heterocycles. The number of benzene rings is 3. The molecule has 0 bridgehead atoms. The van der Waals surface area contributed by atoms with Crippen molar-refractivity contribution in [2.24, 2.45) is 4.99 Å². The molecule has 0 spiro atoms. The van der Waals surface area contributed by atoms with Gasteiger partial charge in [0.15, 0.2) is 23.0 Å². The fraction of sp³-hybridized carbons (Fsp3) is 0.406. The number of hydrogen-bond acceptors (Lipinski definition) is 7. The maximum Gasteiger partial charge on any atom is 0.160 e. The fourth-order valence-electron chi connectivity index (χ4n) is 5.27. The summed E-state index contributed by atoms with van der Waals surface area (Å²) in [5.41, 5.74) is 3.34. The summed E-state index contributed by atoms with van der Waals surface area (Å²) in [4.78, 5) is 7.31. The average Bonchev–Trinajstić information content (AvgIpc) is 2.96. The molecule has 2 atom stereocenters. The van der Waals surface area contributed by atoms with Gasteiger partial charge in [-0.3, -0.25) is 9.89 Å². The van der Waals surface area contributed by atoms with Crippen molar-refractivity contribution >= 4 is 5.71 Å². The summed E-state index contributed by atoms with van der Waals surface area (Å²) in [6.45, 7) is 3.78. The topological polar surface area (TPSA) is 72.8 Å². The second kappa shape index (κ2) is 13.0. The van der Waals surface area contributed by atoms with Crippen LogP contribution in [0.3, 0.4) is 0 Å². The van der Waals surface area contributed by atoms with Crippen LogP contribution in [-0.4, -0.2) is 69.4 Å². The number of rotatable bonds is 11. The van der Waals surface area contributed by atoms with E-state index < -0.39 is 5.60 Å². The van der Waals surface area contributed by atoms with Crippen LogP contribution >= 0.6 is 0 Å². The lowest BCUT2D eigenvalue weighted by molar-refractivity contribution is 0.0369. The maximum atomic E-state index is 11.5. The molecule has 3 aromatic carbocycles. The maximum absolute atomic E-state index is 11.5. The normalized spacial score (nSPS) is 20.6. The van der Waals surface area contributed by atoms with Crippen LogP contribution in [0, 0.1) is 0 Å². The highest BCUT2D eigenvalue weighted by atomic mass is 16.5. The number of aliphatic imine (C=N–C) groups is 1. The first-order valence-corrected chi connectivity index (χ1v) is 13.4. The predicted octanol–water partition coefficient (Wildman–Crippen LogP) is 5.15. The summed E-state index contributed by atoms with van der Waals surface area (Å²) < 4.78 is 21.7. The third-order valence-electron chi connectivity index (χ3n) is 7.43. The Bertz CT molecular complexity index is 1260. The largest absolute Gasteiger partial charge is 0.493 e. The van der Waals surface area contributed by atoms with Gasteiger partial charge in [0.05, 0.1) is 28.4 Å². The first kappa shape index (κ1) is 28.5. The van der Waals surface area contributed by atoms with E-state index in [1.807, 2.05) is 43.3 Å². The molecule has 0 amide bonds. The second-order valence-corrected chi connectivity index (χ2v) is 10.1. The monoisotopic (exact) mass is 532 g/mol. The number of aliphatic hydroxyl groups is 1. The second-order valence-electron chi connectivity index (χ2n) is 10.1. The highest BCUT2D eigenvalue weighted by molar-refractivity contribution is 5.93. The van der Waals surface area contributed by atoms with E-state index in [9.17, 15) is 5.11 Å². The summed E-state index contributed by atoms with van der Waals surface area (Å²) in [5.74, 6) is 2.87. The van der Waals surface area contributed by atoms with Gasteiger partial charge in [-0.1, -0.05) is 42.5 Å². The predicted molar refractivity (Wildman–Crippen MR) is 155 cm³/mol. The molecule has 0 saturated carbocycles. The first-order chi connectivity index (χ1) is 18.9. The number of β-amino-alcohol motifs (C(OH)–C–C–N with tert-alkyl or cyclic N) is 1. The summed E-state index contributed by atoms with van der Waals surface area (Å²) in [7, 11) is 6.57. The molecule has 208 valence electrons. The Morgan fingerprint density at radius 2 is 1.36 bits per heavy atom. The Morgan fingerprint density at radius 1 is 0.795 bits per heavy atom. The molecule has 0 aromatic heterocycles. The molecular weight excluding hydrogens is 492 g/mol. The molecule has 39 heavy (non-hydrogen) atoms. The molecule has 1 saturated heterocycles. The van der Waals surface area contributed by atoms with Gasteiger partial charge in [0.1, 0.15) is 5.60 Å². The van der Waals surface area contributed by atoms with Gasteiger partial charge >= 0.3 is 0 Å². The summed E-state index contributed by atoms with van der Waals surface area (Å²) in [6.07, 6.45) is 2.25. The van der Waals surface area contributed by atoms with E-state index in [2.05, 4.69) is 35.2 Å². The van der Waals surface area contributed by atoms with Crippen molar-refractivity contribution in [3.63, 3.8) is 0 Å². The van der Waals surface area contributed by atoms with Crippen molar-refractivity contribution in [1.29, 1.82) is 0 Å². The number of nitrogens with zero attached hydrogens (tertiary/aromatic N) is 2. The van der Waals surface area contributed by atoms with Crippen LogP contribution in [-0.2, 0) is 12.8 Å². The molecule has 3 aromatic rings. The lowest BCUT2D eigenvalue weighted by Crippen LogP contribution is -2.54. The Balaban J connectivity index is 1.50. The van der Waals surface area contributed by atoms with Gasteiger partial charge in [-0.05, 0) is 60.7 Å². The van der Waals surface area contributed by atoms with Crippen molar-refractivity contribution in [3.05, 3.63) is 83.4 Å². The third kappa shape index (κ3) is 6.91. The Hall–Kier alpha value is -3.55. The summed E-state index contributed by atoms with van der Waals surface area (Å²) in [5, 5.41) is 11.5. The van der Waals surface area contributed by atoms with Crippen LogP contribution in [0.25, 0.3) is 0 Å². The molecule has 0 aliphatic carbocycles. The zero-order chi connectivity index (χ0) is 27.8. The van der Waals surface area contributed by atoms with Gasteiger partial charge in [-0.15, -0.1) is 0 Å². The standard InChI is InChI=1S/C32H40N2O5/c1-32(35)22-34(18-16-24-12-14-28(37-3)30(20-24)39-5)26(25-9-7-6-8-10-25)21-31(32)33-17-15-23-11-13-27(36-2)29(19-23)38-4/h6-14,19-20,26,35H,15-18,21-22H2,1-5H3/t26-,32-/m0/s1. The van der Waals surface area contributed by atoms with Gasteiger partial charge < -0.3 is 24.1 Å². The molecule has 1 heterocycles. The molecule has 0 unspecified atom stereocenters. The highest BCUT2D eigenvalue weighted by Crippen LogP contribution is 2.35. The summed E-state index contributed by atoms with van der Waals surface area (Å²) >= 11 is 0. The van der Waals surface area contributed by atoms with E-state index in [-0.39, 0.29) is 6.04 Å². The van der Waals surface area contributed by atoms with Gasteiger partial charge in [-0.25, -0.2) is 0 Å². The lowest BCUT2D eigenvalue weighted by atomic mass is 9.84. The average molecular weight is 533 g/mol. The van der Waals surface area contributed by atoms with Crippen molar-refractivity contribution < 1.29 is 24.1 Å². The van der Waals surface area contributed by atoms with E-state index in [1.165, 1.54) is 5.56 Å². The lowest BCUT2D eigenvalue weighted by Gasteiger charge is -2.44. The van der Waals surface area contributed by atoms with Gasteiger partial charge in [-0.2, -0.15) is 0 Å². The number of piperidine rings is 1. The molecule has 4 rings (SSSR count). The van der Waals surface area contributed by atoms with Crippen LogP contribution in [0.1, 0.15) is 36.1 Å². The van der Waals surface area contributed by atoms with Crippen LogP contribution in [0.4, 0.5) is 0 Å². The number of likely N-dealkylation sites (tertiary alicyclic amines) is 1. The Labute approximate surface area is 232 Å². The van der Waals surface area contributed by atoms with Crippen molar-refractivity contribution in [1.82, 2.24) is 4.90 Å². The zero-order valence-corrected chi connectivity index (χ0v) is 23.6. The number of hydrogen-bond donors (Lipinski definition) is 1. The van der Waals surface area contributed by atoms with E-state index in [4.69, 9.17) is 23.9 Å². The van der Waals surface area contributed by atoms with E-state index in [0.717, 1.165) is 47.7 Å². The Morgan fingerprint density at radius 3 is 1.92 bits per heavy atom. The molecule has 1 fully saturated rings. The number of methoxy groups -OCH3 is 4. The zero-order valence-electron chi connectivity index (χ0n) is 23.6. The molecule has 7 nitrogen and oxygen atoms in total. The van der Waals surface area contributed by atoms with Crippen molar-refractivity contribution in [2.75, 3.05) is 48.1 Å². The van der Waals surface area contributed by atoms with Crippen LogP contribution in [0.5, 0.6) is 23.0 Å². The van der Waals surface area contributed by atoms with E-state index >= 15 is 0 Å². The van der Waals surface area contributed by atoms with Gasteiger partial charge in [0.2, 0.25) is 0 Å². The quantitative estimate of drug-likeness (QED) is 0.369. The fourth-order valence-corrected chi connectivity index (χ4v) is 5.27. The summed E-state index contributed by atoms with van der Waals surface area (Å²) in [6, 6.07) is 22.6. The molecule has 1 N–H and O–H groups in total. The van der Waals surface area contributed by atoms with Crippen LogP contribution < -0.4 is 18.9 Å². The minimum Gasteiger partial charge on any atom is -0.493 e. The van der Waals surface area contributed by atoms with Crippen LogP contribution in [0.15, 0.2) is 71.7 Å². The van der Waals surface area contributed by atoms with E-state index in [0.29, 0.717) is 31.0 Å². The van der Waals surface area contributed by atoms with Crippen LogP contribution in [0.2, 0.25) is 0 Å². The smallest absolute Gasteiger partial charge is 0.160 e. The molecule has 0 radical (unpaired) electrons. The molecular formula is C32H40N2O5. The van der Waals surface area contributed by atoms with E-state index in [1.54, 1.807) is 28.4 Å².